The van der Waals surface area contributed by atoms with Crippen LogP contribution in [0.5, 0.6) is 0 Å². The Kier molecular flexibility index (Phi) is 13.8. The predicted molar refractivity (Wildman–Crippen MR) is 159 cm³/mol. The summed E-state index contributed by atoms with van der Waals surface area (Å²) < 4.78 is 71.4. The van der Waals surface area contributed by atoms with Gasteiger partial charge in [0.05, 0.1) is 18.6 Å². The van der Waals surface area contributed by atoms with Crippen LogP contribution >= 0.6 is 35.1 Å². The summed E-state index contributed by atoms with van der Waals surface area (Å²) in [6.07, 6.45) is 2.89. The van der Waals surface area contributed by atoms with Crippen molar-refractivity contribution in [3.05, 3.63) is 41.7 Å². The summed E-state index contributed by atoms with van der Waals surface area (Å²) in [5.74, 6) is -1.36. The number of thioether (sulfide) groups is 2. The molecule has 0 bridgehead atoms. The molecule has 240 valence electrons. The number of aliphatic imine (C=N–C) groups is 1. The second-order valence-electron chi connectivity index (χ2n) is 7.38. The van der Waals surface area contributed by atoms with Gasteiger partial charge in [-0.2, -0.15) is 31.8 Å². The van der Waals surface area contributed by atoms with Crippen molar-refractivity contribution in [3.63, 3.8) is 0 Å². The van der Waals surface area contributed by atoms with Gasteiger partial charge in [-0.25, -0.2) is 4.99 Å². The van der Waals surface area contributed by atoms with Gasteiger partial charge in [0, 0.05) is 15.8 Å². The lowest BCUT2D eigenvalue weighted by molar-refractivity contribution is -0.135. The van der Waals surface area contributed by atoms with Crippen molar-refractivity contribution >= 4 is 96.7 Å². The van der Waals surface area contributed by atoms with E-state index in [2.05, 4.69) is 50.0 Å². The third kappa shape index (κ3) is 12.8. The molecule has 0 radical (unpaired) electrons. The zero-order valence-corrected chi connectivity index (χ0v) is 26.1. The first-order chi connectivity index (χ1) is 20.7. The van der Waals surface area contributed by atoms with Crippen LogP contribution in [-0.4, -0.2) is 76.7 Å². The van der Waals surface area contributed by atoms with Gasteiger partial charge in [-0.1, -0.05) is 11.8 Å². The van der Waals surface area contributed by atoms with Crippen LogP contribution in [0, 0.1) is 11.4 Å². The molecular weight excluding hydrogens is 706 g/mol. The molecule has 0 aliphatic rings. The van der Waals surface area contributed by atoms with E-state index in [1.807, 2.05) is 0 Å². The number of nitrogens with one attached hydrogen (secondary N) is 1. The summed E-state index contributed by atoms with van der Waals surface area (Å²) in [6, 6.07) is 8.07. The lowest BCUT2D eigenvalue weighted by Crippen LogP contribution is -2.03. The zero-order chi connectivity index (χ0) is 32.3. The molecule has 0 aliphatic carbocycles. The quantitative estimate of drug-likeness (QED) is 0.0287. The number of hydrogen-bond donors (Lipinski definition) is 4. The number of benzene rings is 2. The molecule has 0 saturated heterocycles. The molecule has 0 aliphatic heterocycles. The van der Waals surface area contributed by atoms with Gasteiger partial charge in [0.15, 0.2) is 17.7 Å². The molecule has 2 aromatic carbocycles. The van der Waals surface area contributed by atoms with Gasteiger partial charge in [-0.05, 0) is 64.1 Å². The number of carboxylic acids is 1. The minimum absolute atomic E-state index is 0. The maximum absolute atomic E-state index is 12.0. The second kappa shape index (κ2) is 16.8. The summed E-state index contributed by atoms with van der Waals surface area (Å²) in [5, 5.41) is 21.8. The van der Waals surface area contributed by atoms with Crippen LogP contribution in [0.3, 0.4) is 0 Å². The molecule has 0 saturated carbocycles. The van der Waals surface area contributed by atoms with Crippen LogP contribution < -0.4 is 5.32 Å². The van der Waals surface area contributed by atoms with E-state index in [1.54, 1.807) is 6.11 Å². The van der Waals surface area contributed by atoms with Gasteiger partial charge >= 0.3 is 16.4 Å². The molecule has 1 aromatic heterocycles. The Balaban J connectivity index is 0.00000705. The molecule has 24 heteroatoms. The minimum Gasteiger partial charge on any atom is -0.486 e. The number of nitrogens with zero attached hydrogens (tertiary/aromatic N) is 6. The first-order valence-electron chi connectivity index (χ1n) is 11.0. The summed E-state index contributed by atoms with van der Waals surface area (Å²) >= 11 is 7.43. The van der Waals surface area contributed by atoms with Crippen molar-refractivity contribution in [2.75, 3.05) is 18.2 Å². The standard InChI is InChI=1S/C21H16ClN7O11S4.H2O/c1-38-11-23-16-8-12(24-20-25-19(22)26-21(27-20)42-10-18(30)31)2-4-14(16)28-29-15-5-3-13(9-17(15)43(32,33)34)41-7-6-39-40-44(35,36)37;/h2-5,8-9,11H,10H2,1H3,(H,30,31)(H,32,33,34)(H,35,36,37)(H,24,25,26,27);1H2. The van der Waals surface area contributed by atoms with Crippen LogP contribution in [0.2, 0.25) is 5.28 Å². The van der Waals surface area contributed by atoms with Gasteiger partial charge in [0.1, 0.15) is 16.3 Å². The first kappa shape index (κ1) is 37.1. The minimum atomic E-state index is -4.88. The molecule has 0 fully saturated rings. The van der Waals surface area contributed by atoms with Crippen molar-refractivity contribution in [3.8, 4) is 11.4 Å². The third-order valence-electron chi connectivity index (χ3n) is 4.29. The smallest absolute Gasteiger partial charge is 0.433 e. The van der Waals surface area contributed by atoms with Crippen molar-refractivity contribution in [1.29, 1.82) is 0 Å². The number of azo groups is 1. The van der Waals surface area contributed by atoms with Crippen molar-refractivity contribution in [1.82, 2.24) is 15.0 Å². The maximum Gasteiger partial charge on any atom is 0.433 e. The molecule has 45 heavy (non-hydrogen) atoms. The Morgan fingerprint density at radius 3 is 2.44 bits per heavy atom. The van der Waals surface area contributed by atoms with E-state index >= 15 is 0 Å². The van der Waals surface area contributed by atoms with Gasteiger partial charge < -0.3 is 20.6 Å². The number of hydrogen-bond acceptors (Lipinski definition) is 17. The van der Waals surface area contributed by atoms with E-state index < -0.39 is 31.4 Å². The number of methoxy groups -OCH3 is 1. The van der Waals surface area contributed by atoms with E-state index in [1.165, 1.54) is 37.4 Å². The number of rotatable bonds is 13. The third-order valence-corrected chi connectivity index (χ3v) is 7.09. The van der Waals surface area contributed by atoms with E-state index in [9.17, 15) is 26.2 Å². The van der Waals surface area contributed by atoms with Crippen LogP contribution in [-0.2, 0) is 39.3 Å². The largest absolute Gasteiger partial charge is 0.486 e. The monoisotopic (exact) mass is 723 g/mol. The Morgan fingerprint density at radius 1 is 1.07 bits per heavy atom. The molecule has 6 N–H and O–H groups in total. The van der Waals surface area contributed by atoms with Gasteiger partial charge in [-0.3, -0.25) is 18.8 Å². The molecular formula is C21H18ClN7O12S4. The van der Waals surface area contributed by atoms with Crippen molar-refractivity contribution < 1.29 is 55.3 Å². The molecule has 0 spiro atoms. The van der Waals surface area contributed by atoms with Gasteiger partial charge in [0.25, 0.3) is 10.1 Å². The highest BCUT2D eigenvalue weighted by Crippen LogP contribution is 2.35. The van der Waals surface area contributed by atoms with Crippen LogP contribution in [0.1, 0.15) is 0 Å². The zero-order valence-electron chi connectivity index (χ0n) is 22.1. The summed E-state index contributed by atoms with van der Waals surface area (Å²) in [4.78, 5) is 30.4. The molecule has 19 nitrogen and oxygen atoms in total. The molecule has 1 heterocycles. The van der Waals surface area contributed by atoms with Crippen LogP contribution in [0.25, 0.3) is 0 Å². The Morgan fingerprint density at radius 2 is 1.78 bits per heavy atom. The Labute approximate surface area is 267 Å². The second-order valence-corrected chi connectivity index (χ2v) is 11.9. The average molecular weight is 724 g/mol. The molecule has 0 atom stereocenters. The number of ether oxygens (including phenoxy) is 1. The predicted octanol–water partition coefficient (Wildman–Crippen LogP) is 3.35. The highest BCUT2D eigenvalue weighted by Gasteiger charge is 2.17. The molecule has 0 amide bonds. The molecule has 0 unspecified atom stereocenters. The van der Waals surface area contributed by atoms with E-state index in [4.69, 9.17) is 26.0 Å². The first-order valence-corrected chi connectivity index (χ1v) is 16.0. The number of halogens is 1. The number of carboxylic acid groups (broad SMARTS) is 1. The summed E-state index contributed by atoms with van der Waals surface area (Å²) in [5.41, 5.74) is 0.447. The number of aliphatic carboxylic acids is 1. The van der Waals surface area contributed by atoms with E-state index in [-0.39, 0.29) is 49.6 Å². The lowest BCUT2D eigenvalue weighted by atomic mass is 10.2. The van der Waals surface area contributed by atoms with Gasteiger partial charge in [0.2, 0.25) is 11.2 Å². The number of carbonyl (C=O) groups is 1. The van der Waals surface area contributed by atoms with E-state index in [0.717, 1.165) is 24.2 Å². The van der Waals surface area contributed by atoms with E-state index in [0.29, 0.717) is 17.4 Å². The van der Waals surface area contributed by atoms with Crippen LogP contribution in [0.15, 0.2) is 66.6 Å². The molecule has 3 rings (SSSR count). The summed E-state index contributed by atoms with van der Waals surface area (Å²) in [6.45, 7) is 0. The fraction of sp³-hybridized carbons (Fsp3) is 0.0952. The average Bonchev–Trinajstić information content (AvgIpc) is 2.93. The maximum atomic E-state index is 12.0. The van der Waals surface area contributed by atoms with Gasteiger partial charge in [-0.15, -0.1) is 10.2 Å². The fourth-order valence-electron chi connectivity index (χ4n) is 2.72. The van der Waals surface area contributed by atoms with Crippen molar-refractivity contribution in [2.45, 2.75) is 14.9 Å². The van der Waals surface area contributed by atoms with Crippen LogP contribution in [0.4, 0.5) is 28.7 Å². The number of anilines is 2. The summed E-state index contributed by atoms with van der Waals surface area (Å²) in [7, 11) is -8.33. The fourth-order valence-corrected chi connectivity index (χ4v) is 4.83. The van der Waals surface area contributed by atoms with Crippen molar-refractivity contribution in [2.24, 2.45) is 15.2 Å². The SMILES string of the molecule is COC=Nc1cc(Nc2nc(Cl)nc(SCC(=O)O)n2)ccc1N=Nc1ccc(SC#COOS(=O)(=O)O)cc1S(=O)(=O)O.O. The molecule has 3 aromatic rings. The highest BCUT2D eigenvalue weighted by molar-refractivity contribution is 8.04. The Bertz CT molecular complexity index is 1880. The lowest BCUT2D eigenvalue weighted by Gasteiger charge is -2.08. The topological polar surface area (TPSA) is 293 Å². The highest BCUT2D eigenvalue weighted by atomic mass is 35.5. The Hall–Kier alpha value is -4.12. The number of aromatic nitrogens is 3. The normalized spacial score (nSPS) is 11.5.